The van der Waals surface area contributed by atoms with Gasteiger partial charge in [-0.3, -0.25) is 0 Å². The maximum Gasteiger partial charge on any atom is 0.210 e. The molecule has 0 amide bonds. The number of rotatable bonds is 7. The molecule has 0 radical (unpaired) electrons. The molecule has 0 aliphatic heterocycles. The Bertz CT molecular complexity index is 905. The van der Waals surface area contributed by atoms with Crippen LogP contribution in [0, 0.1) is 0 Å². The summed E-state index contributed by atoms with van der Waals surface area (Å²) in [7, 11) is 0. The number of benzene rings is 1. The molecule has 2 N–H and O–H groups in total. The highest BCUT2D eigenvalue weighted by Gasteiger charge is 2.22. The summed E-state index contributed by atoms with van der Waals surface area (Å²) in [5.41, 5.74) is 0.993. The number of ether oxygens (including phenoxy) is 1. The van der Waals surface area contributed by atoms with Crippen molar-refractivity contribution >= 4 is 34.7 Å². The molecule has 6 nitrogen and oxygen atoms in total. The SMILES string of the molecule is Nn1c(SCc2csc(COc3ccc(Cl)cc3)n2)nnc1C1CCCCC1. The first-order valence-corrected chi connectivity index (χ1v) is 11.6. The molecule has 0 spiro atoms. The topological polar surface area (TPSA) is 78.9 Å². The van der Waals surface area contributed by atoms with Crippen molar-refractivity contribution in [3.63, 3.8) is 0 Å². The van der Waals surface area contributed by atoms with Crippen LogP contribution in [0.4, 0.5) is 0 Å². The zero-order valence-corrected chi connectivity index (χ0v) is 17.8. The van der Waals surface area contributed by atoms with Crippen LogP contribution in [0.3, 0.4) is 0 Å². The van der Waals surface area contributed by atoms with Gasteiger partial charge in [-0.2, -0.15) is 0 Å². The molecule has 148 valence electrons. The fourth-order valence-electron chi connectivity index (χ4n) is 3.32. The first kappa shape index (κ1) is 19.5. The molecule has 2 heterocycles. The third kappa shape index (κ3) is 4.79. The number of thioether (sulfide) groups is 1. The van der Waals surface area contributed by atoms with E-state index in [-0.39, 0.29) is 0 Å². The molecule has 1 aliphatic carbocycles. The van der Waals surface area contributed by atoms with Gasteiger partial charge in [-0.1, -0.05) is 42.6 Å². The Hall–Kier alpha value is -1.77. The lowest BCUT2D eigenvalue weighted by molar-refractivity contribution is 0.305. The van der Waals surface area contributed by atoms with Gasteiger partial charge in [0.05, 0.1) is 5.69 Å². The number of halogens is 1. The molecule has 0 atom stereocenters. The van der Waals surface area contributed by atoms with Gasteiger partial charge in [0.25, 0.3) is 0 Å². The van der Waals surface area contributed by atoms with Crippen molar-refractivity contribution in [1.82, 2.24) is 19.9 Å². The molecule has 1 aliphatic rings. The summed E-state index contributed by atoms with van der Waals surface area (Å²) in [6, 6.07) is 7.33. The third-order valence-corrected chi connectivity index (χ3v) is 6.89. The van der Waals surface area contributed by atoms with E-state index in [4.69, 9.17) is 22.2 Å². The van der Waals surface area contributed by atoms with Crippen LogP contribution in [0.5, 0.6) is 5.75 Å². The van der Waals surface area contributed by atoms with E-state index in [0.717, 1.165) is 40.3 Å². The van der Waals surface area contributed by atoms with E-state index in [1.807, 2.05) is 29.6 Å². The Morgan fingerprint density at radius 2 is 1.96 bits per heavy atom. The fourth-order valence-corrected chi connectivity index (χ4v) is 5.01. The van der Waals surface area contributed by atoms with Crippen molar-refractivity contribution in [2.75, 3.05) is 5.84 Å². The van der Waals surface area contributed by atoms with E-state index in [2.05, 4.69) is 15.2 Å². The molecular weight excluding hydrogens is 414 g/mol. The lowest BCUT2D eigenvalue weighted by atomic mass is 9.89. The van der Waals surface area contributed by atoms with E-state index in [1.165, 1.54) is 19.3 Å². The second-order valence-electron chi connectivity index (χ2n) is 6.81. The first-order valence-electron chi connectivity index (χ1n) is 9.34. The number of hydrogen-bond donors (Lipinski definition) is 1. The highest BCUT2D eigenvalue weighted by molar-refractivity contribution is 7.98. The van der Waals surface area contributed by atoms with E-state index >= 15 is 0 Å². The Morgan fingerprint density at radius 3 is 2.75 bits per heavy atom. The molecule has 0 saturated heterocycles. The van der Waals surface area contributed by atoms with Gasteiger partial charge in [-0.05, 0) is 37.1 Å². The smallest absolute Gasteiger partial charge is 0.210 e. The normalized spacial score (nSPS) is 15.0. The minimum atomic E-state index is 0.440. The Balaban J connectivity index is 1.31. The molecule has 2 aromatic heterocycles. The van der Waals surface area contributed by atoms with Gasteiger partial charge < -0.3 is 10.6 Å². The predicted octanol–water partition coefficient (Wildman–Crippen LogP) is 5.02. The van der Waals surface area contributed by atoms with Gasteiger partial charge in [0, 0.05) is 22.1 Å². The maximum atomic E-state index is 6.25. The molecule has 3 aromatic rings. The second kappa shape index (κ2) is 9.15. The molecule has 28 heavy (non-hydrogen) atoms. The highest BCUT2D eigenvalue weighted by atomic mass is 35.5. The third-order valence-electron chi connectivity index (χ3n) is 4.79. The van der Waals surface area contributed by atoms with Crippen LogP contribution in [0.15, 0.2) is 34.8 Å². The number of thiazole rings is 1. The Kier molecular flexibility index (Phi) is 6.39. The number of nitrogens with zero attached hydrogens (tertiary/aromatic N) is 4. The van der Waals surface area contributed by atoms with Crippen molar-refractivity contribution in [3.05, 3.63) is 51.2 Å². The Morgan fingerprint density at radius 1 is 1.18 bits per heavy atom. The largest absolute Gasteiger partial charge is 0.486 e. The van der Waals surface area contributed by atoms with Crippen molar-refractivity contribution < 1.29 is 4.74 Å². The summed E-state index contributed by atoms with van der Waals surface area (Å²) in [5, 5.41) is 13.1. The van der Waals surface area contributed by atoms with Gasteiger partial charge in [-0.25, -0.2) is 9.66 Å². The summed E-state index contributed by atoms with van der Waals surface area (Å²) in [4.78, 5) is 4.63. The maximum absolute atomic E-state index is 6.25. The second-order valence-corrected chi connectivity index (χ2v) is 9.13. The molecule has 1 aromatic carbocycles. The number of hydrogen-bond acceptors (Lipinski definition) is 7. The summed E-state index contributed by atoms with van der Waals surface area (Å²) in [6.07, 6.45) is 6.12. The van der Waals surface area contributed by atoms with Crippen LogP contribution in [0.25, 0.3) is 0 Å². The van der Waals surface area contributed by atoms with Crippen LogP contribution in [0.1, 0.15) is 54.5 Å². The molecule has 0 unspecified atom stereocenters. The molecule has 1 fully saturated rings. The fraction of sp³-hybridized carbons (Fsp3) is 0.421. The Labute approximate surface area is 177 Å². The van der Waals surface area contributed by atoms with Crippen molar-refractivity contribution in [1.29, 1.82) is 0 Å². The van der Waals surface area contributed by atoms with Crippen molar-refractivity contribution in [2.45, 2.75) is 55.5 Å². The van der Waals surface area contributed by atoms with Crippen LogP contribution < -0.4 is 10.6 Å². The van der Waals surface area contributed by atoms with Crippen molar-refractivity contribution in [2.24, 2.45) is 0 Å². The predicted molar refractivity (Wildman–Crippen MR) is 113 cm³/mol. The standard InChI is InChI=1S/C19H22ClN5OS2/c20-14-6-8-16(9-7-14)26-10-17-22-15(11-27-17)12-28-19-24-23-18(25(19)21)13-4-2-1-3-5-13/h6-9,11,13H,1-5,10,12,21H2. The molecular formula is C19H22ClN5OS2. The zero-order valence-electron chi connectivity index (χ0n) is 15.4. The van der Waals surface area contributed by atoms with Gasteiger partial charge in [-0.15, -0.1) is 21.5 Å². The van der Waals surface area contributed by atoms with Crippen LogP contribution in [0.2, 0.25) is 5.02 Å². The van der Waals surface area contributed by atoms with Gasteiger partial charge >= 0.3 is 0 Å². The summed E-state index contributed by atoms with van der Waals surface area (Å²) < 4.78 is 7.41. The van der Waals surface area contributed by atoms with Crippen LogP contribution in [-0.4, -0.2) is 19.9 Å². The van der Waals surface area contributed by atoms with E-state index in [0.29, 0.717) is 23.3 Å². The summed E-state index contributed by atoms with van der Waals surface area (Å²) in [6.45, 7) is 0.440. The lowest BCUT2D eigenvalue weighted by Crippen LogP contribution is -2.18. The quantitative estimate of drug-likeness (QED) is 0.414. The van der Waals surface area contributed by atoms with Crippen molar-refractivity contribution in [3.8, 4) is 5.75 Å². The lowest BCUT2D eigenvalue weighted by Gasteiger charge is -2.20. The van der Waals surface area contributed by atoms with E-state index in [9.17, 15) is 0 Å². The monoisotopic (exact) mass is 435 g/mol. The average molecular weight is 436 g/mol. The average Bonchev–Trinajstić information content (AvgIpc) is 3.33. The minimum Gasteiger partial charge on any atom is -0.486 e. The number of nitrogens with two attached hydrogens (primary N) is 1. The van der Waals surface area contributed by atoms with Gasteiger partial charge in [0.15, 0.2) is 5.82 Å². The van der Waals surface area contributed by atoms with E-state index in [1.54, 1.807) is 27.8 Å². The molecule has 1 saturated carbocycles. The van der Waals surface area contributed by atoms with Gasteiger partial charge in [0.2, 0.25) is 5.16 Å². The van der Waals surface area contributed by atoms with E-state index < -0.39 is 0 Å². The first-order chi connectivity index (χ1) is 13.7. The highest BCUT2D eigenvalue weighted by Crippen LogP contribution is 2.32. The summed E-state index contributed by atoms with van der Waals surface area (Å²) >= 11 is 9.04. The van der Waals surface area contributed by atoms with Gasteiger partial charge in [0.1, 0.15) is 17.4 Å². The van der Waals surface area contributed by atoms with Crippen LogP contribution in [-0.2, 0) is 12.4 Å². The number of nitrogen functional groups attached to an aromatic ring is 1. The molecule has 4 rings (SSSR count). The number of aromatic nitrogens is 4. The minimum absolute atomic E-state index is 0.440. The zero-order chi connectivity index (χ0) is 19.3. The van der Waals surface area contributed by atoms with Crippen LogP contribution >= 0.6 is 34.7 Å². The summed E-state index contributed by atoms with van der Waals surface area (Å²) in [5.74, 6) is 9.09. The molecule has 9 heteroatoms. The molecule has 0 bridgehead atoms.